The number of carbonyl (C=O) groups excluding carboxylic acids is 1. The van der Waals surface area contributed by atoms with Crippen molar-refractivity contribution >= 4 is 5.91 Å². The fourth-order valence-electron chi connectivity index (χ4n) is 3.71. The van der Waals surface area contributed by atoms with Gasteiger partial charge in [-0.15, -0.1) is 0 Å². The van der Waals surface area contributed by atoms with E-state index in [1.165, 1.54) is 6.42 Å². The molecular formula is C20H30N2O4. The highest BCUT2D eigenvalue weighted by Crippen LogP contribution is 2.21. The van der Waals surface area contributed by atoms with E-state index in [-0.39, 0.29) is 18.6 Å². The van der Waals surface area contributed by atoms with Crippen LogP contribution in [0.1, 0.15) is 42.5 Å². The summed E-state index contributed by atoms with van der Waals surface area (Å²) in [5.74, 6) is 0.918. The van der Waals surface area contributed by atoms with Crippen LogP contribution in [0.2, 0.25) is 0 Å². The maximum atomic E-state index is 12.5. The third-order valence-electron chi connectivity index (χ3n) is 5.26. The Morgan fingerprint density at radius 3 is 2.35 bits per heavy atom. The van der Waals surface area contributed by atoms with E-state index in [1.807, 2.05) is 29.2 Å². The molecule has 2 heterocycles. The summed E-state index contributed by atoms with van der Waals surface area (Å²) in [6.07, 6.45) is 4.69. The molecule has 0 saturated carbocycles. The minimum absolute atomic E-state index is 0.118. The van der Waals surface area contributed by atoms with Crippen molar-refractivity contribution in [1.29, 1.82) is 0 Å². The molecule has 1 atom stereocenters. The Labute approximate surface area is 155 Å². The summed E-state index contributed by atoms with van der Waals surface area (Å²) in [7, 11) is 0. The molecular weight excluding hydrogens is 332 g/mol. The molecule has 1 aromatic carbocycles. The van der Waals surface area contributed by atoms with E-state index in [9.17, 15) is 9.90 Å². The third kappa shape index (κ3) is 5.19. The first-order valence-electron chi connectivity index (χ1n) is 9.73. The number of nitrogens with zero attached hydrogens (tertiary/aromatic N) is 2. The molecule has 2 aliphatic heterocycles. The van der Waals surface area contributed by atoms with E-state index < -0.39 is 6.10 Å². The predicted molar refractivity (Wildman–Crippen MR) is 99.4 cm³/mol. The Balaban J connectivity index is 1.47. The number of aliphatic hydroxyl groups is 2. The fraction of sp³-hybridized carbons (Fsp3) is 0.650. The summed E-state index contributed by atoms with van der Waals surface area (Å²) < 4.78 is 6.05. The number of hydrogen-bond donors (Lipinski definition) is 2. The maximum Gasteiger partial charge on any atom is 0.253 e. The second kappa shape index (κ2) is 9.35. The largest absolute Gasteiger partial charge is 0.490 e. The average molecular weight is 362 g/mol. The molecule has 0 unspecified atom stereocenters. The smallest absolute Gasteiger partial charge is 0.253 e. The molecule has 2 N–H and O–H groups in total. The zero-order chi connectivity index (χ0) is 18.4. The molecule has 0 spiro atoms. The molecule has 2 aliphatic rings. The maximum absolute atomic E-state index is 12.5. The zero-order valence-electron chi connectivity index (χ0n) is 15.3. The number of likely N-dealkylation sites (tertiary alicyclic amines) is 2. The van der Waals surface area contributed by atoms with Gasteiger partial charge in [-0.25, -0.2) is 0 Å². The van der Waals surface area contributed by atoms with E-state index in [4.69, 9.17) is 9.84 Å². The van der Waals surface area contributed by atoms with Crippen molar-refractivity contribution in [1.82, 2.24) is 9.80 Å². The minimum atomic E-state index is -0.669. The van der Waals surface area contributed by atoms with Crippen LogP contribution in [0.15, 0.2) is 24.3 Å². The van der Waals surface area contributed by atoms with Crippen LogP contribution in [0.3, 0.4) is 0 Å². The number of rotatable bonds is 6. The summed E-state index contributed by atoms with van der Waals surface area (Å²) in [5.41, 5.74) is 0.729. The molecule has 1 aromatic rings. The number of β-amino-alcohol motifs (C(OH)–C–C–N with tert-alkyl or cyclic N) is 1. The van der Waals surface area contributed by atoms with Gasteiger partial charge in [0, 0.05) is 38.3 Å². The summed E-state index contributed by atoms with van der Waals surface area (Å²) in [6.45, 7) is 3.75. The van der Waals surface area contributed by atoms with Gasteiger partial charge in [0.2, 0.25) is 0 Å². The number of amides is 1. The molecule has 0 bridgehead atoms. The van der Waals surface area contributed by atoms with E-state index in [2.05, 4.69) is 4.90 Å². The number of ether oxygens (including phenoxy) is 1. The Morgan fingerprint density at radius 1 is 1.08 bits per heavy atom. The van der Waals surface area contributed by atoms with Crippen molar-refractivity contribution in [2.45, 2.75) is 44.3 Å². The first-order chi connectivity index (χ1) is 12.7. The summed E-state index contributed by atoms with van der Waals surface area (Å²) in [5, 5.41) is 18.5. The molecule has 6 heteroatoms. The summed E-state index contributed by atoms with van der Waals surface area (Å²) >= 11 is 0. The lowest BCUT2D eigenvalue weighted by atomic mass is 10.1. The number of piperidine rings is 2. The Bertz CT molecular complexity index is 564. The second-order valence-corrected chi connectivity index (χ2v) is 7.33. The SMILES string of the molecule is O=C(c1ccc(OC2CCN(C[C@H](O)CO)CC2)cc1)N1CCCCC1. The van der Waals surface area contributed by atoms with Gasteiger partial charge in [-0.1, -0.05) is 0 Å². The van der Waals surface area contributed by atoms with Crippen molar-refractivity contribution in [3.05, 3.63) is 29.8 Å². The lowest BCUT2D eigenvalue weighted by molar-refractivity contribution is 0.0346. The van der Waals surface area contributed by atoms with Crippen molar-refractivity contribution in [3.63, 3.8) is 0 Å². The van der Waals surface area contributed by atoms with E-state index in [1.54, 1.807) is 0 Å². The van der Waals surface area contributed by atoms with Crippen LogP contribution in [0, 0.1) is 0 Å². The topological polar surface area (TPSA) is 73.2 Å². The number of carbonyl (C=O) groups is 1. The van der Waals surface area contributed by atoms with Crippen LogP contribution < -0.4 is 4.74 Å². The molecule has 2 fully saturated rings. The molecule has 6 nitrogen and oxygen atoms in total. The first kappa shape index (κ1) is 19.1. The van der Waals surface area contributed by atoms with Gasteiger partial charge in [-0.3, -0.25) is 4.79 Å². The second-order valence-electron chi connectivity index (χ2n) is 7.33. The number of hydrogen-bond acceptors (Lipinski definition) is 5. The lowest BCUT2D eigenvalue weighted by Crippen LogP contribution is -2.42. The van der Waals surface area contributed by atoms with Crippen LogP contribution in [0.5, 0.6) is 5.75 Å². The van der Waals surface area contributed by atoms with E-state index in [0.717, 1.165) is 63.2 Å². The van der Waals surface area contributed by atoms with Crippen molar-refractivity contribution < 1.29 is 19.7 Å². The zero-order valence-corrected chi connectivity index (χ0v) is 15.3. The average Bonchev–Trinajstić information content (AvgIpc) is 2.70. The monoisotopic (exact) mass is 362 g/mol. The number of benzene rings is 1. The molecule has 3 rings (SSSR count). The highest BCUT2D eigenvalue weighted by atomic mass is 16.5. The van der Waals surface area contributed by atoms with Crippen molar-refractivity contribution in [2.75, 3.05) is 39.3 Å². The minimum Gasteiger partial charge on any atom is -0.490 e. The summed E-state index contributed by atoms with van der Waals surface area (Å²) in [4.78, 5) is 16.6. The quantitative estimate of drug-likeness (QED) is 0.803. The summed E-state index contributed by atoms with van der Waals surface area (Å²) in [6, 6.07) is 7.50. The van der Waals surface area contributed by atoms with E-state index >= 15 is 0 Å². The van der Waals surface area contributed by atoms with Crippen LogP contribution in [0.4, 0.5) is 0 Å². The Morgan fingerprint density at radius 2 is 1.73 bits per heavy atom. The van der Waals surface area contributed by atoms with Gasteiger partial charge in [0.05, 0.1) is 12.7 Å². The van der Waals surface area contributed by atoms with Crippen molar-refractivity contribution in [3.8, 4) is 5.75 Å². The van der Waals surface area contributed by atoms with Gasteiger partial charge < -0.3 is 24.7 Å². The van der Waals surface area contributed by atoms with Crippen molar-refractivity contribution in [2.24, 2.45) is 0 Å². The normalized spacial score (nSPS) is 20.8. The van der Waals surface area contributed by atoms with Gasteiger partial charge in [0.15, 0.2) is 0 Å². The Kier molecular flexibility index (Phi) is 6.88. The van der Waals surface area contributed by atoms with Crippen LogP contribution >= 0.6 is 0 Å². The lowest BCUT2D eigenvalue weighted by Gasteiger charge is -2.33. The Hall–Kier alpha value is -1.63. The number of aliphatic hydroxyl groups excluding tert-OH is 2. The van der Waals surface area contributed by atoms with E-state index in [0.29, 0.717) is 6.54 Å². The van der Waals surface area contributed by atoms with Gasteiger partial charge >= 0.3 is 0 Å². The van der Waals surface area contributed by atoms with Gasteiger partial charge in [0.1, 0.15) is 11.9 Å². The van der Waals surface area contributed by atoms with Gasteiger partial charge in [-0.2, -0.15) is 0 Å². The third-order valence-corrected chi connectivity index (χ3v) is 5.26. The highest BCUT2D eigenvalue weighted by Gasteiger charge is 2.22. The molecule has 0 aliphatic carbocycles. The van der Waals surface area contributed by atoms with Crippen LogP contribution in [-0.2, 0) is 0 Å². The van der Waals surface area contributed by atoms with Gasteiger partial charge in [0.25, 0.3) is 5.91 Å². The molecule has 26 heavy (non-hydrogen) atoms. The van der Waals surface area contributed by atoms with Crippen LogP contribution in [0.25, 0.3) is 0 Å². The fourth-order valence-corrected chi connectivity index (χ4v) is 3.71. The van der Waals surface area contributed by atoms with Crippen LogP contribution in [-0.4, -0.2) is 77.5 Å². The molecule has 0 radical (unpaired) electrons. The highest BCUT2D eigenvalue weighted by molar-refractivity contribution is 5.94. The molecule has 2 saturated heterocycles. The molecule has 1 amide bonds. The molecule has 144 valence electrons. The molecule has 0 aromatic heterocycles. The van der Waals surface area contributed by atoms with Gasteiger partial charge in [-0.05, 0) is 56.4 Å². The first-order valence-corrected chi connectivity index (χ1v) is 9.73. The standard InChI is InChI=1S/C20H30N2O4/c23-15-17(24)14-21-12-8-19(9-13-21)26-18-6-4-16(5-7-18)20(25)22-10-2-1-3-11-22/h4-7,17,19,23-24H,1-3,8-15H2/t17-/m0/s1. The predicted octanol–water partition coefficient (Wildman–Crippen LogP) is 1.51.